The number of hydrogen-bond acceptors (Lipinski definition) is 2. The van der Waals surface area contributed by atoms with E-state index in [0.29, 0.717) is 5.39 Å². The number of aromatic nitrogens is 1. The van der Waals surface area contributed by atoms with Crippen LogP contribution in [-0.2, 0) is 0 Å². The van der Waals surface area contributed by atoms with Crippen LogP contribution in [0.15, 0.2) is 42.7 Å². The molecule has 2 aromatic heterocycles. The summed E-state index contributed by atoms with van der Waals surface area (Å²) in [7, 11) is 0. The monoisotopic (exact) mass is 254 g/mol. The topological polar surface area (TPSA) is 44.6 Å². The van der Waals surface area contributed by atoms with Crippen molar-refractivity contribution in [3.05, 3.63) is 48.3 Å². The van der Waals surface area contributed by atoms with Crippen LogP contribution >= 0.6 is 0 Å². The molecular weight excluding hydrogens is 238 g/mol. The summed E-state index contributed by atoms with van der Waals surface area (Å²) in [5.74, 6) is 0.165. The Hall–Kier alpha value is -2.29. The highest BCUT2D eigenvalue weighted by atomic mass is 16.3. The molecular formula is C16H16NO2+. The minimum Gasteiger partial charge on any atom is -0.504 e. The van der Waals surface area contributed by atoms with Gasteiger partial charge in [-0.1, -0.05) is 13.8 Å². The first-order valence-corrected chi connectivity index (χ1v) is 6.36. The Morgan fingerprint density at radius 2 is 1.84 bits per heavy atom. The van der Waals surface area contributed by atoms with Crippen molar-refractivity contribution in [1.29, 1.82) is 0 Å². The molecule has 0 radical (unpaired) electrons. The average molecular weight is 254 g/mol. The Morgan fingerprint density at radius 1 is 1.05 bits per heavy atom. The quantitative estimate of drug-likeness (QED) is 0.398. The predicted octanol–water partition coefficient (Wildman–Crippen LogP) is 3.11. The van der Waals surface area contributed by atoms with Crippen LogP contribution in [0.4, 0.5) is 0 Å². The summed E-state index contributed by atoms with van der Waals surface area (Å²) >= 11 is 0. The Morgan fingerprint density at radius 3 is 2.58 bits per heavy atom. The minimum atomic E-state index is -0.0588. The van der Waals surface area contributed by atoms with Crippen molar-refractivity contribution in [3.8, 4) is 11.5 Å². The van der Waals surface area contributed by atoms with Crippen molar-refractivity contribution in [2.45, 2.75) is 19.8 Å². The first-order valence-electron chi connectivity index (χ1n) is 6.36. The highest BCUT2D eigenvalue weighted by molar-refractivity contribution is 5.94. The minimum absolute atomic E-state index is 0.0502. The summed E-state index contributed by atoms with van der Waals surface area (Å²) in [6.45, 7) is 4.15. The maximum absolute atomic E-state index is 10.1. The van der Waals surface area contributed by atoms with Gasteiger partial charge in [-0.2, -0.15) is 4.40 Å². The lowest BCUT2D eigenvalue weighted by atomic mass is 9.96. The van der Waals surface area contributed by atoms with Crippen molar-refractivity contribution in [3.63, 3.8) is 0 Å². The second kappa shape index (κ2) is 4.12. The highest BCUT2D eigenvalue weighted by Crippen LogP contribution is 2.38. The van der Waals surface area contributed by atoms with Crippen LogP contribution in [0.5, 0.6) is 11.5 Å². The summed E-state index contributed by atoms with van der Waals surface area (Å²) in [6.07, 6.45) is 3.97. The van der Waals surface area contributed by atoms with E-state index in [1.165, 1.54) is 0 Å². The molecule has 3 rings (SSSR count). The molecule has 0 aliphatic heterocycles. The SMILES string of the molecule is CC(C)c1cc(O)c(O)c2cc3cccc[n+]3cc12. The summed E-state index contributed by atoms with van der Waals surface area (Å²) in [6, 6.07) is 9.43. The molecule has 2 heterocycles. The molecule has 0 bridgehead atoms. The average Bonchev–Trinajstić information content (AvgIpc) is 2.41. The van der Waals surface area contributed by atoms with Crippen molar-refractivity contribution >= 4 is 16.3 Å². The number of pyridine rings is 2. The largest absolute Gasteiger partial charge is 0.504 e. The van der Waals surface area contributed by atoms with Crippen molar-refractivity contribution in [1.82, 2.24) is 0 Å². The van der Waals surface area contributed by atoms with Gasteiger partial charge in [-0.3, -0.25) is 0 Å². The van der Waals surface area contributed by atoms with Crippen molar-refractivity contribution < 1.29 is 14.6 Å². The van der Waals surface area contributed by atoms with Gasteiger partial charge in [0.2, 0.25) is 5.52 Å². The van der Waals surface area contributed by atoms with E-state index in [4.69, 9.17) is 0 Å². The van der Waals surface area contributed by atoms with Crippen LogP contribution in [0.1, 0.15) is 25.3 Å². The van der Waals surface area contributed by atoms with Gasteiger partial charge in [-0.05, 0) is 23.6 Å². The Bertz CT molecular complexity index is 778. The summed E-state index contributed by atoms with van der Waals surface area (Å²) in [4.78, 5) is 0. The lowest BCUT2D eigenvalue weighted by Gasteiger charge is -2.11. The van der Waals surface area contributed by atoms with Crippen LogP contribution < -0.4 is 4.40 Å². The summed E-state index contributed by atoms with van der Waals surface area (Å²) in [5.41, 5.74) is 2.01. The molecule has 19 heavy (non-hydrogen) atoms. The molecule has 0 atom stereocenters. The van der Waals surface area contributed by atoms with Gasteiger partial charge in [0.1, 0.15) is 0 Å². The normalized spacial score (nSPS) is 11.5. The van der Waals surface area contributed by atoms with Gasteiger partial charge in [-0.15, -0.1) is 0 Å². The molecule has 3 aromatic rings. The maximum Gasteiger partial charge on any atom is 0.211 e. The molecule has 0 saturated carbocycles. The zero-order chi connectivity index (χ0) is 13.6. The van der Waals surface area contributed by atoms with E-state index in [1.807, 2.05) is 41.1 Å². The van der Waals surface area contributed by atoms with Gasteiger partial charge in [0.05, 0.1) is 5.39 Å². The Labute approximate surface area is 111 Å². The van der Waals surface area contributed by atoms with E-state index in [9.17, 15) is 10.2 Å². The zero-order valence-corrected chi connectivity index (χ0v) is 11.0. The molecule has 0 fully saturated rings. The molecule has 0 aliphatic carbocycles. The van der Waals surface area contributed by atoms with Crippen LogP contribution in [-0.4, -0.2) is 10.2 Å². The van der Waals surface area contributed by atoms with Gasteiger partial charge in [0.15, 0.2) is 23.9 Å². The standard InChI is InChI=1S/C16H15NO2/c1-10(2)12-8-15(18)16(19)13-7-11-5-3-4-6-17(11)9-14(12)13/h3-10,19H,1-2H3/p+1. The van der Waals surface area contributed by atoms with Crippen molar-refractivity contribution in [2.24, 2.45) is 0 Å². The summed E-state index contributed by atoms with van der Waals surface area (Å²) in [5, 5.41) is 21.6. The zero-order valence-electron chi connectivity index (χ0n) is 11.0. The number of nitrogens with zero attached hydrogens (tertiary/aromatic N) is 1. The van der Waals surface area contributed by atoms with Gasteiger partial charge >= 0.3 is 0 Å². The second-order valence-corrected chi connectivity index (χ2v) is 5.12. The van der Waals surface area contributed by atoms with E-state index in [-0.39, 0.29) is 17.4 Å². The third kappa shape index (κ3) is 1.78. The molecule has 0 spiro atoms. The van der Waals surface area contributed by atoms with Crippen LogP contribution in [0.3, 0.4) is 0 Å². The van der Waals surface area contributed by atoms with Crippen LogP contribution in [0, 0.1) is 0 Å². The number of rotatable bonds is 1. The van der Waals surface area contributed by atoms with Crippen molar-refractivity contribution in [2.75, 3.05) is 0 Å². The van der Waals surface area contributed by atoms with E-state index in [2.05, 4.69) is 13.8 Å². The predicted molar refractivity (Wildman–Crippen MR) is 74.5 cm³/mol. The summed E-state index contributed by atoms with van der Waals surface area (Å²) < 4.78 is 2.02. The Kier molecular flexibility index (Phi) is 2.56. The highest BCUT2D eigenvalue weighted by Gasteiger charge is 2.16. The molecule has 96 valence electrons. The molecule has 0 saturated heterocycles. The van der Waals surface area contributed by atoms with Crippen LogP contribution in [0.25, 0.3) is 16.3 Å². The molecule has 3 heteroatoms. The van der Waals surface area contributed by atoms with Crippen LogP contribution in [0.2, 0.25) is 0 Å². The molecule has 0 unspecified atom stereocenters. The third-order valence-corrected chi connectivity index (χ3v) is 3.50. The van der Waals surface area contributed by atoms with E-state index < -0.39 is 0 Å². The first-order chi connectivity index (χ1) is 9.08. The van der Waals surface area contributed by atoms with Gasteiger partial charge in [-0.25, -0.2) is 0 Å². The molecule has 2 N–H and O–H groups in total. The third-order valence-electron chi connectivity index (χ3n) is 3.50. The number of phenols is 2. The number of phenolic OH excluding ortho intramolecular Hbond substituents is 2. The molecule has 1 aromatic carbocycles. The fourth-order valence-corrected chi connectivity index (χ4v) is 2.48. The van der Waals surface area contributed by atoms with E-state index in [0.717, 1.165) is 16.5 Å². The molecule has 0 aliphatic rings. The van der Waals surface area contributed by atoms with Gasteiger partial charge in [0, 0.05) is 23.6 Å². The fourth-order valence-electron chi connectivity index (χ4n) is 2.48. The lowest BCUT2D eigenvalue weighted by molar-refractivity contribution is -0.510. The van der Waals surface area contributed by atoms with Gasteiger partial charge in [0.25, 0.3) is 0 Å². The molecule has 0 amide bonds. The number of fused-ring (bicyclic) bond motifs is 2. The smallest absolute Gasteiger partial charge is 0.211 e. The number of benzene rings is 1. The Balaban J connectivity index is 2.51. The fraction of sp³-hybridized carbons (Fsp3) is 0.188. The number of hydrogen-bond donors (Lipinski definition) is 2. The van der Waals surface area contributed by atoms with Gasteiger partial charge < -0.3 is 10.2 Å². The second-order valence-electron chi connectivity index (χ2n) is 5.12. The maximum atomic E-state index is 10.1. The van der Waals surface area contributed by atoms with E-state index in [1.54, 1.807) is 6.07 Å². The number of aromatic hydroxyl groups is 2. The molecule has 3 nitrogen and oxygen atoms in total. The lowest BCUT2D eigenvalue weighted by Crippen LogP contribution is -2.20. The first kappa shape index (κ1) is 11.8. The van der Waals surface area contributed by atoms with E-state index >= 15 is 0 Å².